The summed E-state index contributed by atoms with van der Waals surface area (Å²) < 4.78 is 0. The van der Waals surface area contributed by atoms with Crippen molar-refractivity contribution in [2.24, 2.45) is 0 Å². The van der Waals surface area contributed by atoms with Crippen molar-refractivity contribution in [3.8, 4) is 0 Å². The quantitative estimate of drug-likeness (QED) is 0.890. The third kappa shape index (κ3) is 2.90. The van der Waals surface area contributed by atoms with E-state index in [0.717, 1.165) is 16.8 Å². The lowest BCUT2D eigenvalue weighted by Crippen LogP contribution is -2.43. The second-order valence-electron chi connectivity index (χ2n) is 5.16. The Morgan fingerprint density at radius 3 is 2.67 bits per heavy atom. The van der Waals surface area contributed by atoms with Gasteiger partial charge < -0.3 is 10.4 Å². The molecule has 2 aromatic carbocycles. The Morgan fingerprint density at radius 1 is 1.14 bits per heavy atom. The van der Waals surface area contributed by atoms with E-state index in [1.54, 1.807) is 4.90 Å². The molecule has 1 aliphatic rings. The topological polar surface area (TPSA) is 52.6 Å². The van der Waals surface area contributed by atoms with E-state index in [4.69, 9.17) is 0 Å². The standard InChI is InChI=1S/C17H18N2O2/c20-16-10-11-19(15-9-5-4-8-14(15)16)17(21)18-12-13-6-2-1-3-7-13/h1-9,16,20H,10-12H2,(H,18,21). The number of para-hydroxylation sites is 1. The van der Waals surface area contributed by atoms with Crippen molar-refractivity contribution in [2.75, 3.05) is 11.4 Å². The summed E-state index contributed by atoms with van der Waals surface area (Å²) in [5.41, 5.74) is 2.68. The number of aliphatic hydroxyl groups is 1. The number of urea groups is 1. The number of hydrogen-bond donors (Lipinski definition) is 2. The lowest BCUT2D eigenvalue weighted by atomic mass is 9.99. The molecule has 1 unspecified atom stereocenters. The average Bonchev–Trinajstić information content (AvgIpc) is 2.54. The number of carbonyl (C=O) groups excluding carboxylic acids is 1. The van der Waals surface area contributed by atoms with Gasteiger partial charge in [-0.2, -0.15) is 0 Å². The van der Waals surface area contributed by atoms with Crippen molar-refractivity contribution in [1.29, 1.82) is 0 Å². The van der Waals surface area contributed by atoms with Crippen LogP contribution in [-0.4, -0.2) is 17.7 Å². The van der Waals surface area contributed by atoms with E-state index < -0.39 is 6.10 Å². The monoisotopic (exact) mass is 282 g/mol. The van der Waals surface area contributed by atoms with Crippen LogP contribution in [0, 0.1) is 0 Å². The molecule has 0 radical (unpaired) electrons. The predicted octanol–water partition coefficient (Wildman–Crippen LogP) is 2.84. The third-order valence-corrected chi connectivity index (χ3v) is 3.74. The van der Waals surface area contributed by atoms with Gasteiger partial charge in [-0.15, -0.1) is 0 Å². The molecule has 1 heterocycles. The van der Waals surface area contributed by atoms with Gasteiger partial charge in [0.2, 0.25) is 0 Å². The van der Waals surface area contributed by atoms with Crippen LogP contribution in [0.5, 0.6) is 0 Å². The van der Waals surface area contributed by atoms with Crippen LogP contribution in [0.4, 0.5) is 10.5 Å². The molecular formula is C17H18N2O2. The highest BCUT2D eigenvalue weighted by Gasteiger charge is 2.26. The molecule has 0 saturated heterocycles. The molecule has 0 aliphatic carbocycles. The van der Waals surface area contributed by atoms with E-state index in [-0.39, 0.29) is 6.03 Å². The van der Waals surface area contributed by atoms with Crippen LogP contribution >= 0.6 is 0 Å². The minimum Gasteiger partial charge on any atom is -0.388 e. The molecule has 108 valence electrons. The first-order valence-electron chi connectivity index (χ1n) is 7.12. The second kappa shape index (κ2) is 5.97. The zero-order chi connectivity index (χ0) is 14.7. The molecule has 0 saturated carbocycles. The van der Waals surface area contributed by atoms with Crippen molar-refractivity contribution in [1.82, 2.24) is 5.32 Å². The zero-order valence-corrected chi connectivity index (χ0v) is 11.7. The van der Waals surface area contributed by atoms with E-state index in [2.05, 4.69) is 5.32 Å². The normalized spacial score (nSPS) is 17.2. The molecule has 2 amide bonds. The van der Waals surface area contributed by atoms with E-state index >= 15 is 0 Å². The Labute approximate surface area is 124 Å². The summed E-state index contributed by atoms with van der Waals surface area (Å²) in [6, 6.07) is 17.2. The van der Waals surface area contributed by atoms with Crippen LogP contribution in [-0.2, 0) is 6.54 Å². The maximum Gasteiger partial charge on any atom is 0.322 e. The van der Waals surface area contributed by atoms with Crippen molar-refractivity contribution < 1.29 is 9.90 Å². The number of rotatable bonds is 2. The third-order valence-electron chi connectivity index (χ3n) is 3.74. The van der Waals surface area contributed by atoms with Gasteiger partial charge in [0.25, 0.3) is 0 Å². The van der Waals surface area contributed by atoms with Gasteiger partial charge in [-0.05, 0) is 18.1 Å². The maximum atomic E-state index is 12.4. The summed E-state index contributed by atoms with van der Waals surface area (Å²) in [6.45, 7) is 1.03. The summed E-state index contributed by atoms with van der Waals surface area (Å²) in [5.74, 6) is 0. The highest BCUT2D eigenvalue weighted by molar-refractivity contribution is 5.93. The molecule has 0 spiro atoms. The van der Waals surface area contributed by atoms with Crippen molar-refractivity contribution in [2.45, 2.75) is 19.1 Å². The number of hydrogen-bond acceptors (Lipinski definition) is 2. The fourth-order valence-corrected chi connectivity index (χ4v) is 2.62. The molecule has 1 aliphatic heterocycles. The molecule has 2 aromatic rings. The van der Waals surface area contributed by atoms with Crippen molar-refractivity contribution >= 4 is 11.7 Å². The van der Waals surface area contributed by atoms with Crippen LogP contribution in [0.2, 0.25) is 0 Å². The minimum atomic E-state index is -0.487. The number of fused-ring (bicyclic) bond motifs is 1. The number of nitrogens with zero attached hydrogens (tertiary/aromatic N) is 1. The summed E-state index contributed by atoms with van der Waals surface area (Å²) >= 11 is 0. The Balaban J connectivity index is 1.72. The fourth-order valence-electron chi connectivity index (χ4n) is 2.62. The molecule has 1 atom stereocenters. The van der Waals surface area contributed by atoms with Gasteiger partial charge in [0, 0.05) is 18.7 Å². The number of carbonyl (C=O) groups is 1. The smallest absolute Gasteiger partial charge is 0.322 e. The lowest BCUT2D eigenvalue weighted by molar-refractivity contribution is 0.164. The van der Waals surface area contributed by atoms with Crippen LogP contribution in [0.3, 0.4) is 0 Å². The number of benzene rings is 2. The molecule has 2 N–H and O–H groups in total. The fraction of sp³-hybridized carbons (Fsp3) is 0.235. The van der Waals surface area contributed by atoms with Gasteiger partial charge in [0.15, 0.2) is 0 Å². The average molecular weight is 282 g/mol. The summed E-state index contributed by atoms with van der Waals surface area (Å²) in [4.78, 5) is 14.1. The second-order valence-corrected chi connectivity index (χ2v) is 5.16. The largest absolute Gasteiger partial charge is 0.388 e. The number of anilines is 1. The Morgan fingerprint density at radius 2 is 1.86 bits per heavy atom. The van der Waals surface area contributed by atoms with E-state index in [1.165, 1.54) is 0 Å². The first-order valence-corrected chi connectivity index (χ1v) is 7.12. The number of aliphatic hydroxyl groups excluding tert-OH is 1. The van der Waals surface area contributed by atoms with Gasteiger partial charge >= 0.3 is 6.03 Å². The van der Waals surface area contributed by atoms with Crippen molar-refractivity contribution in [3.63, 3.8) is 0 Å². The van der Waals surface area contributed by atoms with Gasteiger partial charge in [-0.3, -0.25) is 4.90 Å². The lowest BCUT2D eigenvalue weighted by Gasteiger charge is -2.32. The van der Waals surface area contributed by atoms with Gasteiger partial charge in [-0.25, -0.2) is 4.79 Å². The van der Waals surface area contributed by atoms with E-state index in [9.17, 15) is 9.90 Å². The van der Waals surface area contributed by atoms with Gasteiger partial charge in [0.1, 0.15) is 0 Å². The zero-order valence-electron chi connectivity index (χ0n) is 11.7. The van der Waals surface area contributed by atoms with Crippen LogP contribution in [0.1, 0.15) is 23.7 Å². The van der Waals surface area contributed by atoms with Gasteiger partial charge in [0.05, 0.1) is 11.8 Å². The number of amides is 2. The molecule has 4 nitrogen and oxygen atoms in total. The molecule has 3 rings (SSSR count). The van der Waals surface area contributed by atoms with E-state index in [0.29, 0.717) is 19.5 Å². The molecule has 0 aromatic heterocycles. The molecule has 0 fully saturated rings. The highest BCUT2D eigenvalue weighted by Crippen LogP contribution is 2.33. The first kappa shape index (κ1) is 13.6. The minimum absolute atomic E-state index is 0.127. The van der Waals surface area contributed by atoms with Crippen LogP contribution in [0.25, 0.3) is 0 Å². The SMILES string of the molecule is O=C(NCc1ccccc1)N1CCC(O)c2ccccc21. The van der Waals surface area contributed by atoms with Crippen LogP contribution in [0.15, 0.2) is 54.6 Å². The highest BCUT2D eigenvalue weighted by atomic mass is 16.3. The predicted molar refractivity (Wildman–Crippen MR) is 82.0 cm³/mol. The first-order chi connectivity index (χ1) is 10.3. The molecule has 4 heteroatoms. The molecule has 0 bridgehead atoms. The maximum absolute atomic E-state index is 12.4. The van der Waals surface area contributed by atoms with Crippen molar-refractivity contribution in [3.05, 3.63) is 65.7 Å². The Bertz CT molecular complexity index is 628. The molecular weight excluding hydrogens is 264 g/mol. The molecule has 21 heavy (non-hydrogen) atoms. The number of nitrogens with one attached hydrogen (secondary N) is 1. The summed E-state index contributed by atoms with van der Waals surface area (Å²) in [7, 11) is 0. The van der Waals surface area contributed by atoms with Crippen LogP contribution < -0.4 is 10.2 Å². The summed E-state index contributed by atoms with van der Waals surface area (Å²) in [5, 5.41) is 12.9. The summed E-state index contributed by atoms with van der Waals surface area (Å²) in [6.07, 6.45) is 0.0786. The van der Waals surface area contributed by atoms with Gasteiger partial charge in [-0.1, -0.05) is 48.5 Å². The Kier molecular flexibility index (Phi) is 3.88. The Hall–Kier alpha value is -2.33. The van der Waals surface area contributed by atoms with E-state index in [1.807, 2.05) is 54.6 Å².